The van der Waals surface area contributed by atoms with E-state index in [1.807, 2.05) is 61.5 Å². The SMILES string of the molecule is CCOc1ccc(N([C@@H](C)C(=O)N/N=C\c2ccccc2OCc2ccccc2)S(C)(=O)=O)cc1. The van der Waals surface area contributed by atoms with Crippen molar-refractivity contribution >= 4 is 27.8 Å². The number of sulfonamides is 1. The number of nitrogens with one attached hydrogen (secondary N) is 1. The Kier molecular flexibility index (Phi) is 8.86. The molecule has 8 nitrogen and oxygen atoms in total. The van der Waals surface area contributed by atoms with Crippen molar-refractivity contribution in [2.45, 2.75) is 26.5 Å². The zero-order valence-electron chi connectivity index (χ0n) is 19.9. The normalized spacial score (nSPS) is 12.2. The molecular weight excluding hydrogens is 466 g/mol. The predicted octanol–water partition coefficient (Wildman–Crippen LogP) is 3.97. The highest BCUT2D eigenvalue weighted by molar-refractivity contribution is 7.92. The first-order valence-electron chi connectivity index (χ1n) is 11.1. The molecule has 0 unspecified atom stereocenters. The van der Waals surface area contributed by atoms with Crippen LogP contribution >= 0.6 is 0 Å². The number of hydrogen-bond acceptors (Lipinski definition) is 6. The number of carbonyl (C=O) groups is 1. The fraction of sp³-hybridized carbons (Fsp3) is 0.231. The summed E-state index contributed by atoms with van der Waals surface area (Å²) in [4.78, 5) is 12.8. The minimum Gasteiger partial charge on any atom is -0.494 e. The van der Waals surface area contributed by atoms with E-state index < -0.39 is 22.0 Å². The van der Waals surface area contributed by atoms with E-state index in [9.17, 15) is 13.2 Å². The number of ether oxygens (including phenoxy) is 2. The molecule has 0 bridgehead atoms. The Morgan fingerprint density at radius 3 is 2.31 bits per heavy atom. The molecule has 3 aromatic carbocycles. The molecule has 0 heterocycles. The van der Waals surface area contributed by atoms with Crippen molar-refractivity contribution in [3.63, 3.8) is 0 Å². The molecular formula is C26H29N3O5S. The first kappa shape index (κ1) is 25.8. The van der Waals surface area contributed by atoms with Gasteiger partial charge >= 0.3 is 0 Å². The Hall–Kier alpha value is -3.85. The summed E-state index contributed by atoms with van der Waals surface area (Å²) in [7, 11) is -3.75. The molecule has 0 fully saturated rings. The molecule has 3 rings (SSSR count). The van der Waals surface area contributed by atoms with Crippen molar-refractivity contribution in [1.29, 1.82) is 0 Å². The third-order valence-corrected chi connectivity index (χ3v) is 6.27. The van der Waals surface area contributed by atoms with Gasteiger partial charge < -0.3 is 9.47 Å². The lowest BCUT2D eigenvalue weighted by Gasteiger charge is -2.27. The van der Waals surface area contributed by atoms with E-state index >= 15 is 0 Å². The third-order valence-electron chi connectivity index (χ3n) is 5.03. The van der Waals surface area contributed by atoms with Gasteiger partial charge in [-0.15, -0.1) is 0 Å². The van der Waals surface area contributed by atoms with Crippen LogP contribution in [0.4, 0.5) is 5.69 Å². The Balaban J connectivity index is 1.69. The maximum absolute atomic E-state index is 12.8. The van der Waals surface area contributed by atoms with E-state index in [-0.39, 0.29) is 0 Å². The van der Waals surface area contributed by atoms with Gasteiger partial charge in [-0.1, -0.05) is 42.5 Å². The number of hydrazone groups is 1. The quantitative estimate of drug-likeness (QED) is 0.321. The molecule has 0 spiro atoms. The van der Waals surface area contributed by atoms with Crippen LogP contribution in [0, 0.1) is 0 Å². The van der Waals surface area contributed by atoms with Crippen molar-refractivity contribution in [3.8, 4) is 11.5 Å². The number of nitrogens with zero attached hydrogens (tertiary/aromatic N) is 2. The molecule has 1 N–H and O–H groups in total. The van der Waals surface area contributed by atoms with Crippen LogP contribution in [-0.2, 0) is 21.4 Å². The second kappa shape index (κ2) is 12.0. The number of amides is 1. The summed E-state index contributed by atoms with van der Waals surface area (Å²) in [6.07, 6.45) is 2.52. The van der Waals surface area contributed by atoms with Gasteiger partial charge in [-0.25, -0.2) is 13.8 Å². The van der Waals surface area contributed by atoms with Gasteiger partial charge in [-0.05, 0) is 55.8 Å². The Morgan fingerprint density at radius 2 is 1.66 bits per heavy atom. The molecule has 9 heteroatoms. The fourth-order valence-electron chi connectivity index (χ4n) is 3.38. The molecule has 0 aliphatic carbocycles. The molecule has 35 heavy (non-hydrogen) atoms. The third kappa shape index (κ3) is 7.31. The highest BCUT2D eigenvalue weighted by Gasteiger charge is 2.29. The largest absolute Gasteiger partial charge is 0.494 e. The van der Waals surface area contributed by atoms with Gasteiger partial charge in [0.1, 0.15) is 24.1 Å². The lowest BCUT2D eigenvalue weighted by Crippen LogP contribution is -2.46. The summed E-state index contributed by atoms with van der Waals surface area (Å²) < 4.78 is 37.3. The average Bonchev–Trinajstić information content (AvgIpc) is 2.84. The summed E-state index contributed by atoms with van der Waals surface area (Å²) in [5, 5.41) is 4.03. The summed E-state index contributed by atoms with van der Waals surface area (Å²) in [5.74, 6) is 0.636. The van der Waals surface area contributed by atoms with Gasteiger partial charge in [-0.3, -0.25) is 9.10 Å². The van der Waals surface area contributed by atoms with Crippen LogP contribution in [0.3, 0.4) is 0 Å². The van der Waals surface area contributed by atoms with Gasteiger partial charge in [0, 0.05) is 5.56 Å². The van der Waals surface area contributed by atoms with Crippen molar-refractivity contribution in [3.05, 3.63) is 90.0 Å². The highest BCUT2D eigenvalue weighted by Crippen LogP contribution is 2.24. The first-order chi connectivity index (χ1) is 16.8. The molecule has 0 saturated heterocycles. The molecule has 0 radical (unpaired) electrons. The van der Waals surface area contributed by atoms with E-state index in [1.54, 1.807) is 24.3 Å². The van der Waals surface area contributed by atoms with Gasteiger partial charge in [0.2, 0.25) is 10.0 Å². The van der Waals surface area contributed by atoms with Crippen LogP contribution in [0.15, 0.2) is 84.0 Å². The standard InChI is InChI=1S/C26H29N3O5S/c1-4-33-24-16-14-23(15-17-24)29(35(3,31)32)20(2)26(30)28-27-18-22-12-8-9-13-25(22)34-19-21-10-6-5-7-11-21/h5-18,20H,4,19H2,1-3H3,(H,28,30)/b27-18-/t20-/m0/s1. The number of rotatable bonds is 11. The second-order valence-electron chi connectivity index (χ2n) is 7.71. The Labute approximate surface area is 206 Å². The minimum atomic E-state index is -3.75. The molecule has 0 aliphatic heterocycles. The molecule has 184 valence electrons. The number of para-hydroxylation sites is 1. The minimum absolute atomic E-state index is 0.349. The van der Waals surface area contributed by atoms with Crippen LogP contribution in [0.25, 0.3) is 0 Å². The molecule has 0 aliphatic rings. The maximum atomic E-state index is 12.8. The monoisotopic (exact) mass is 495 g/mol. The van der Waals surface area contributed by atoms with E-state index in [1.165, 1.54) is 13.1 Å². The lowest BCUT2D eigenvalue weighted by molar-refractivity contribution is -0.121. The molecule has 0 saturated carbocycles. The van der Waals surface area contributed by atoms with Crippen molar-refractivity contribution in [2.75, 3.05) is 17.2 Å². The molecule has 0 aromatic heterocycles. The van der Waals surface area contributed by atoms with E-state index in [2.05, 4.69) is 10.5 Å². The maximum Gasteiger partial charge on any atom is 0.263 e. The molecule has 1 amide bonds. The van der Waals surface area contributed by atoms with Gasteiger partial charge in [0.25, 0.3) is 5.91 Å². The smallest absolute Gasteiger partial charge is 0.263 e. The first-order valence-corrected chi connectivity index (χ1v) is 13.0. The van der Waals surface area contributed by atoms with Crippen LogP contribution < -0.4 is 19.2 Å². The van der Waals surface area contributed by atoms with Crippen molar-refractivity contribution in [1.82, 2.24) is 5.43 Å². The van der Waals surface area contributed by atoms with Crippen molar-refractivity contribution in [2.24, 2.45) is 5.10 Å². The summed E-state index contributed by atoms with van der Waals surface area (Å²) in [5.41, 5.74) is 4.47. The average molecular weight is 496 g/mol. The summed E-state index contributed by atoms with van der Waals surface area (Å²) in [6.45, 7) is 4.24. The second-order valence-corrected chi connectivity index (χ2v) is 9.57. The molecule has 1 atom stereocenters. The van der Waals surface area contributed by atoms with Gasteiger partial charge in [0.15, 0.2) is 0 Å². The van der Waals surface area contributed by atoms with Gasteiger partial charge in [0.05, 0.1) is 24.8 Å². The number of hydrogen-bond donors (Lipinski definition) is 1. The summed E-state index contributed by atoms with van der Waals surface area (Å²) in [6, 6.07) is 22.5. The van der Waals surface area contributed by atoms with Crippen LogP contribution in [-0.4, -0.2) is 39.4 Å². The van der Waals surface area contributed by atoms with Crippen LogP contribution in [0.1, 0.15) is 25.0 Å². The highest BCUT2D eigenvalue weighted by atomic mass is 32.2. The van der Waals surface area contributed by atoms with E-state index in [4.69, 9.17) is 9.47 Å². The zero-order chi connectivity index (χ0) is 25.3. The van der Waals surface area contributed by atoms with Crippen LogP contribution in [0.5, 0.6) is 11.5 Å². The number of carbonyl (C=O) groups excluding carboxylic acids is 1. The van der Waals surface area contributed by atoms with Gasteiger partial charge in [-0.2, -0.15) is 5.10 Å². The Bertz CT molecular complexity index is 1250. The lowest BCUT2D eigenvalue weighted by atomic mass is 10.2. The zero-order valence-corrected chi connectivity index (χ0v) is 20.7. The van der Waals surface area contributed by atoms with E-state index in [0.29, 0.717) is 36.0 Å². The molecule has 3 aromatic rings. The van der Waals surface area contributed by atoms with Crippen LogP contribution in [0.2, 0.25) is 0 Å². The topological polar surface area (TPSA) is 97.3 Å². The summed E-state index contributed by atoms with van der Waals surface area (Å²) >= 11 is 0. The number of anilines is 1. The van der Waals surface area contributed by atoms with Crippen molar-refractivity contribution < 1.29 is 22.7 Å². The fourth-order valence-corrected chi connectivity index (χ4v) is 4.55. The Morgan fingerprint density at radius 1 is 1.00 bits per heavy atom. The predicted molar refractivity (Wildman–Crippen MR) is 137 cm³/mol. The number of benzene rings is 3. The van der Waals surface area contributed by atoms with E-state index in [0.717, 1.165) is 16.1 Å².